The highest BCUT2D eigenvalue weighted by molar-refractivity contribution is 6.13. The molecule has 3 N–H and O–H groups in total. The largest absolute Gasteiger partial charge is 0.479 e. The summed E-state index contributed by atoms with van der Waals surface area (Å²) in [6.07, 6.45) is -4.97. The summed E-state index contributed by atoms with van der Waals surface area (Å²) in [6, 6.07) is 15.0. The van der Waals surface area contributed by atoms with Crippen LogP contribution >= 0.6 is 0 Å². The van der Waals surface area contributed by atoms with Gasteiger partial charge in [0.25, 0.3) is 0 Å². The van der Waals surface area contributed by atoms with Crippen molar-refractivity contribution in [2.75, 3.05) is 17.2 Å². The predicted molar refractivity (Wildman–Crippen MR) is 150 cm³/mol. The van der Waals surface area contributed by atoms with Crippen molar-refractivity contribution < 1.29 is 27.8 Å². The maximum absolute atomic E-state index is 13.7. The molecule has 3 aromatic rings. The number of carboxylic acid groups (broad SMARTS) is 1. The molecular weight excluding hydrogens is 521 g/mol. The molecule has 10 heteroatoms. The van der Waals surface area contributed by atoms with Crippen molar-refractivity contribution in [2.45, 2.75) is 58.5 Å². The SMILES string of the molecule is CC(C)[C@@H](OCC1N=C(Nc2ccc(C(C)(C)C)cc2)c2ccc(-c3ncccc3C(F)(F)F)cc2N1)C(=O)O. The van der Waals surface area contributed by atoms with Crippen molar-refractivity contribution in [3.05, 3.63) is 77.5 Å². The van der Waals surface area contributed by atoms with Crippen molar-refractivity contribution in [2.24, 2.45) is 10.9 Å². The quantitative estimate of drug-likeness (QED) is 0.297. The summed E-state index contributed by atoms with van der Waals surface area (Å²) in [7, 11) is 0. The van der Waals surface area contributed by atoms with Crippen LogP contribution in [-0.2, 0) is 21.1 Å². The lowest BCUT2D eigenvalue weighted by atomic mass is 9.87. The van der Waals surface area contributed by atoms with Crippen molar-refractivity contribution in [1.29, 1.82) is 0 Å². The molecule has 0 saturated carbocycles. The maximum atomic E-state index is 13.7. The smallest absolute Gasteiger partial charge is 0.418 e. The zero-order valence-electron chi connectivity index (χ0n) is 23.0. The van der Waals surface area contributed by atoms with E-state index in [2.05, 4.69) is 36.4 Å². The maximum Gasteiger partial charge on any atom is 0.418 e. The Balaban J connectivity index is 1.70. The molecule has 0 aliphatic carbocycles. The number of halogens is 3. The molecular formula is C30H33F3N4O3. The highest BCUT2D eigenvalue weighted by Crippen LogP contribution is 2.37. The fourth-order valence-corrected chi connectivity index (χ4v) is 4.43. The number of anilines is 2. The number of aromatic nitrogens is 1. The number of alkyl halides is 3. The molecule has 0 amide bonds. The lowest BCUT2D eigenvalue weighted by Gasteiger charge is -2.28. The minimum absolute atomic E-state index is 0.0198. The van der Waals surface area contributed by atoms with E-state index in [4.69, 9.17) is 9.73 Å². The number of nitrogens with zero attached hydrogens (tertiary/aromatic N) is 2. The molecule has 7 nitrogen and oxygen atoms in total. The molecule has 4 rings (SSSR count). The number of aliphatic imine (C=N–C) groups is 1. The minimum Gasteiger partial charge on any atom is -0.479 e. The lowest BCUT2D eigenvalue weighted by molar-refractivity contribution is -0.153. The van der Waals surface area contributed by atoms with Gasteiger partial charge in [-0.3, -0.25) is 4.98 Å². The number of hydrogen-bond acceptors (Lipinski definition) is 6. The Morgan fingerprint density at radius 3 is 2.40 bits per heavy atom. The van der Waals surface area contributed by atoms with Crippen molar-refractivity contribution in [3.8, 4) is 11.3 Å². The zero-order chi connectivity index (χ0) is 29.2. The summed E-state index contributed by atoms with van der Waals surface area (Å²) in [5, 5.41) is 16.0. The topological polar surface area (TPSA) is 95.8 Å². The number of carbonyl (C=O) groups is 1. The molecule has 1 aliphatic heterocycles. The van der Waals surface area contributed by atoms with E-state index in [0.29, 0.717) is 17.1 Å². The monoisotopic (exact) mass is 554 g/mol. The van der Waals surface area contributed by atoms with E-state index in [0.717, 1.165) is 17.3 Å². The Hall–Kier alpha value is -3.92. The molecule has 0 fully saturated rings. The molecule has 0 radical (unpaired) electrons. The second kappa shape index (κ2) is 11.3. The van der Waals surface area contributed by atoms with Crippen LogP contribution in [0, 0.1) is 5.92 Å². The number of carboxylic acids is 1. The number of nitrogens with one attached hydrogen (secondary N) is 2. The van der Waals surface area contributed by atoms with Crippen LogP contribution in [0.4, 0.5) is 24.5 Å². The summed E-state index contributed by atoms with van der Waals surface area (Å²) in [5.41, 5.74) is 2.33. The molecule has 212 valence electrons. The van der Waals surface area contributed by atoms with Crippen LogP contribution in [0.5, 0.6) is 0 Å². The fourth-order valence-electron chi connectivity index (χ4n) is 4.43. The number of amidine groups is 1. The van der Waals surface area contributed by atoms with Gasteiger partial charge in [-0.2, -0.15) is 13.2 Å². The normalized spacial score (nSPS) is 16.1. The zero-order valence-corrected chi connectivity index (χ0v) is 23.0. The summed E-state index contributed by atoms with van der Waals surface area (Å²) in [5.74, 6) is -0.872. The summed E-state index contributed by atoms with van der Waals surface area (Å²) in [6.45, 7) is 9.80. The predicted octanol–water partition coefficient (Wildman–Crippen LogP) is 6.80. The molecule has 0 spiro atoms. The molecule has 2 aromatic carbocycles. The van der Waals surface area contributed by atoms with Gasteiger partial charge in [0.05, 0.1) is 17.9 Å². The van der Waals surface area contributed by atoms with Crippen molar-refractivity contribution >= 4 is 23.2 Å². The van der Waals surface area contributed by atoms with E-state index >= 15 is 0 Å². The Kier molecular flexibility index (Phi) is 8.20. The van der Waals surface area contributed by atoms with Crippen molar-refractivity contribution in [3.63, 3.8) is 0 Å². The van der Waals surface area contributed by atoms with E-state index < -0.39 is 30.0 Å². The van der Waals surface area contributed by atoms with Gasteiger partial charge in [-0.05, 0) is 53.3 Å². The van der Waals surface area contributed by atoms with Crippen LogP contribution in [0.1, 0.15) is 51.3 Å². The van der Waals surface area contributed by atoms with Gasteiger partial charge in [0, 0.05) is 28.7 Å². The first-order valence-corrected chi connectivity index (χ1v) is 13.0. The first-order valence-electron chi connectivity index (χ1n) is 13.0. The van der Waals surface area contributed by atoms with Crippen molar-refractivity contribution in [1.82, 2.24) is 4.98 Å². The number of benzene rings is 2. The van der Waals surface area contributed by atoms with Crippen LogP contribution in [-0.4, -0.2) is 40.8 Å². The number of rotatable bonds is 7. The average molecular weight is 555 g/mol. The summed E-state index contributed by atoms with van der Waals surface area (Å²) >= 11 is 0. The van der Waals surface area contributed by atoms with Gasteiger partial charge in [0.2, 0.25) is 0 Å². The van der Waals surface area contributed by atoms with Crippen LogP contribution in [0.3, 0.4) is 0 Å². The van der Waals surface area contributed by atoms with Crippen LogP contribution < -0.4 is 10.6 Å². The van der Waals surface area contributed by atoms with Gasteiger partial charge in [-0.15, -0.1) is 0 Å². The number of ether oxygens (including phenoxy) is 1. The van der Waals surface area contributed by atoms with Crippen LogP contribution in [0.15, 0.2) is 65.8 Å². The molecule has 1 aromatic heterocycles. The molecule has 2 heterocycles. The van der Waals surface area contributed by atoms with Gasteiger partial charge in [-0.1, -0.05) is 52.8 Å². The van der Waals surface area contributed by atoms with Gasteiger partial charge < -0.3 is 20.5 Å². The molecule has 1 unspecified atom stereocenters. The van der Waals surface area contributed by atoms with E-state index in [1.165, 1.54) is 12.3 Å². The molecule has 1 aliphatic rings. The highest BCUT2D eigenvalue weighted by atomic mass is 19.4. The molecule has 0 bridgehead atoms. The molecule has 0 saturated heterocycles. The van der Waals surface area contributed by atoms with Gasteiger partial charge >= 0.3 is 12.1 Å². The lowest BCUT2D eigenvalue weighted by Crippen LogP contribution is -2.37. The Morgan fingerprint density at radius 1 is 1.10 bits per heavy atom. The Labute approximate surface area is 231 Å². The van der Waals surface area contributed by atoms with Gasteiger partial charge in [-0.25, -0.2) is 9.79 Å². The number of aliphatic carboxylic acids is 1. The highest BCUT2D eigenvalue weighted by Gasteiger charge is 2.35. The third-order valence-electron chi connectivity index (χ3n) is 6.56. The average Bonchev–Trinajstić information content (AvgIpc) is 2.87. The second-order valence-electron chi connectivity index (χ2n) is 11.1. The first kappa shape index (κ1) is 29.1. The van der Waals surface area contributed by atoms with E-state index in [9.17, 15) is 23.1 Å². The van der Waals surface area contributed by atoms with E-state index in [-0.39, 0.29) is 29.2 Å². The molecule has 2 atom stereocenters. The van der Waals surface area contributed by atoms with Gasteiger partial charge in [0.15, 0.2) is 6.10 Å². The number of fused-ring (bicyclic) bond motifs is 1. The summed E-state index contributed by atoms with van der Waals surface area (Å²) < 4.78 is 46.8. The fraction of sp³-hybridized carbons (Fsp3) is 0.367. The Morgan fingerprint density at radius 2 is 1.80 bits per heavy atom. The minimum atomic E-state index is -4.57. The number of hydrogen-bond donors (Lipinski definition) is 3. The standard InChI is InChI=1S/C30H33F3N4O3/c1-17(2)26(28(38)39)40-16-24-36-23-15-18(25-22(30(31,32)33)7-6-14-34-25)8-13-21(23)27(37-24)35-20-11-9-19(10-12-20)29(3,4)5/h6-15,17,24,26,36H,16H2,1-5H3,(H,35,37)(H,38,39)/t24?,26-/m1/s1. The van der Waals surface area contributed by atoms with E-state index in [1.54, 1.807) is 32.0 Å². The third-order valence-corrected chi connectivity index (χ3v) is 6.56. The van der Waals surface area contributed by atoms with E-state index in [1.807, 2.05) is 24.3 Å². The van der Waals surface area contributed by atoms with Crippen LogP contribution in [0.25, 0.3) is 11.3 Å². The summed E-state index contributed by atoms with van der Waals surface area (Å²) in [4.78, 5) is 20.4. The van der Waals surface area contributed by atoms with Gasteiger partial charge in [0.1, 0.15) is 12.0 Å². The second-order valence-corrected chi connectivity index (χ2v) is 11.1. The number of pyridine rings is 1. The molecule has 40 heavy (non-hydrogen) atoms. The first-order chi connectivity index (χ1) is 18.7. The van der Waals surface area contributed by atoms with Crippen LogP contribution in [0.2, 0.25) is 0 Å². The third kappa shape index (κ3) is 6.62. The Bertz CT molecular complexity index is 1400.